The van der Waals surface area contributed by atoms with E-state index in [0.29, 0.717) is 36.5 Å². The number of rotatable bonds is 12. The molecule has 1 amide bonds. The van der Waals surface area contributed by atoms with E-state index in [2.05, 4.69) is 87.1 Å². The van der Waals surface area contributed by atoms with E-state index >= 15 is 0 Å². The number of ether oxygens (including phenoxy) is 1. The smallest absolute Gasteiger partial charge is 0.224 e. The van der Waals surface area contributed by atoms with Gasteiger partial charge in [-0.2, -0.15) is 0 Å². The molecule has 3 rings (SSSR count). The topological polar surface area (TPSA) is 46.6 Å². The number of Topliss-reactive ketones (excluding diaryl/α,β-unsaturated/α-hetero) is 1. The fraction of sp³-hybridized carbons (Fsp3) is 0.526. The molecule has 0 radical (unpaired) electrons. The Bertz CT molecular complexity index is 1140. The molecule has 4 heteroatoms. The van der Waals surface area contributed by atoms with Crippen LogP contribution in [0.25, 0.3) is 0 Å². The summed E-state index contributed by atoms with van der Waals surface area (Å²) >= 11 is 0. The van der Waals surface area contributed by atoms with E-state index in [0.717, 1.165) is 49.8 Å². The number of hydrogen-bond acceptors (Lipinski definition) is 3. The van der Waals surface area contributed by atoms with E-state index in [1.807, 2.05) is 23.1 Å². The summed E-state index contributed by atoms with van der Waals surface area (Å²) in [5.41, 5.74) is 4.58. The van der Waals surface area contributed by atoms with Crippen LogP contribution >= 0.6 is 0 Å². The van der Waals surface area contributed by atoms with E-state index in [-0.39, 0.29) is 11.8 Å². The van der Waals surface area contributed by atoms with Crippen molar-refractivity contribution in [3.05, 3.63) is 95.3 Å². The number of carbonyl (C=O) groups excluding carboxylic acids is 2. The van der Waals surface area contributed by atoms with Gasteiger partial charge in [0, 0.05) is 39.2 Å². The van der Waals surface area contributed by atoms with Crippen LogP contribution in [0.3, 0.4) is 0 Å². The molecule has 2 unspecified atom stereocenters. The van der Waals surface area contributed by atoms with Gasteiger partial charge in [-0.25, -0.2) is 0 Å². The van der Waals surface area contributed by atoms with Gasteiger partial charge in [0.25, 0.3) is 0 Å². The average Bonchev–Trinajstić information content (AvgIpc) is 3.26. The third-order valence-corrected chi connectivity index (χ3v) is 8.51. The molecule has 1 fully saturated rings. The van der Waals surface area contributed by atoms with E-state index in [1.54, 1.807) is 21.1 Å². The Hall–Kier alpha value is -2.98. The fourth-order valence-electron chi connectivity index (χ4n) is 5.84. The normalized spacial score (nSPS) is 20.0. The molecule has 2 aliphatic rings. The first-order valence-corrected chi connectivity index (χ1v) is 15.9. The first kappa shape index (κ1) is 35.2. The van der Waals surface area contributed by atoms with Gasteiger partial charge in [-0.15, -0.1) is 0 Å². The second-order valence-corrected chi connectivity index (χ2v) is 11.9. The van der Waals surface area contributed by atoms with Crippen LogP contribution in [0.1, 0.15) is 102 Å². The largest absolute Gasteiger partial charge is 0.388 e. The summed E-state index contributed by atoms with van der Waals surface area (Å²) in [4.78, 5) is 28.0. The highest BCUT2D eigenvalue weighted by Gasteiger charge is 2.33. The molecule has 0 bridgehead atoms. The van der Waals surface area contributed by atoms with Crippen molar-refractivity contribution in [3.63, 3.8) is 0 Å². The van der Waals surface area contributed by atoms with Crippen molar-refractivity contribution >= 4 is 11.7 Å². The molecule has 230 valence electrons. The van der Waals surface area contributed by atoms with Crippen LogP contribution in [0.15, 0.2) is 78.6 Å². The Balaban J connectivity index is 0.00000197. The number of benzene rings is 1. The van der Waals surface area contributed by atoms with Gasteiger partial charge in [0.05, 0.1) is 6.54 Å². The maximum Gasteiger partial charge on any atom is 0.224 e. The summed E-state index contributed by atoms with van der Waals surface area (Å²) in [7, 11) is 3.25. The van der Waals surface area contributed by atoms with Gasteiger partial charge < -0.3 is 9.64 Å². The van der Waals surface area contributed by atoms with Gasteiger partial charge >= 0.3 is 0 Å². The van der Waals surface area contributed by atoms with Crippen LogP contribution in [0.5, 0.6) is 0 Å². The number of amides is 1. The third-order valence-electron chi connectivity index (χ3n) is 8.51. The summed E-state index contributed by atoms with van der Waals surface area (Å²) in [5.74, 6) is 1.62. The quantitative estimate of drug-likeness (QED) is 0.234. The number of aryl methyl sites for hydroxylation is 1. The SMILES string of the molecule is CC/C=C\C/C=C\C(C)[C@H](C)CC(=O)C1CCCC[C@H]1c1ccc(CN(C(C)=O)C2=CCC=CC=C2)c(C)c1.COC. The fourth-order valence-corrected chi connectivity index (χ4v) is 5.84. The van der Waals surface area contributed by atoms with Gasteiger partial charge in [-0.1, -0.05) is 100 Å². The molecule has 42 heavy (non-hydrogen) atoms. The molecular formula is C38H55NO3. The molecule has 4 nitrogen and oxygen atoms in total. The van der Waals surface area contributed by atoms with Crippen LogP contribution in [-0.2, 0) is 20.9 Å². The molecule has 0 aliphatic heterocycles. The Morgan fingerprint density at radius 1 is 1.07 bits per heavy atom. The van der Waals surface area contributed by atoms with Gasteiger partial charge in [0.15, 0.2) is 0 Å². The van der Waals surface area contributed by atoms with Crippen molar-refractivity contribution < 1.29 is 14.3 Å². The molecule has 0 N–H and O–H groups in total. The molecule has 0 aromatic heterocycles. The van der Waals surface area contributed by atoms with Crippen LogP contribution < -0.4 is 0 Å². The first-order chi connectivity index (χ1) is 20.2. The molecule has 1 aromatic carbocycles. The Labute approximate surface area is 256 Å². The predicted molar refractivity (Wildman–Crippen MR) is 177 cm³/mol. The van der Waals surface area contributed by atoms with Crippen molar-refractivity contribution in [2.75, 3.05) is 14.2 Å². The lowest BCUT2D eigenvalue weighted by Crippen LogP contribution is -2.28. The van der Waals surface area contributed by atoms with Crippen molar-refractivity contribution in [2.24, 2.45) is 17.8 Å². The van der Waals surface area contributed by atoms with Crippen molar-refractivity contribution in [1.82, 2.24) is 4.90 Å². The van der Waals surface area contributed by atoms with Crippen LogP contribution in [-0.4, -0.2) is 30.8 Å². The lowest BCUT2D eigenvalue weighted by Gasteiger charge is -2.32. The molecule has 1 saturated carbocycles. The summed E-state index contributed by atoms with van der Waals surface area (Å²) in [6, 6.07) is 6.67. The van der Waals surface area contributed by atoms with Crippen molar-refractivity contribution in [2.45, 2.75) is 98.4 Å². The average molecular weight is 574 g/mol. The lowest BCUT2D eigenvalue weighted by molar-refractivity contribution is -0.127. The molecule has 0 spiro atoms. The zero-order valence-corrected chi connectivity index (χ0v) is 27.3. The molecule has 0 saturated heterocycles. The van der Waals surface area contributed by atoms with Crippen LogP contribution in [0.2, 0.25) is 0 Å². The molecule has 4 atom stereocenters. The monoisotopic (exact) mass is 573 g/mol. The summed E-state index contributed by atoms with van der Waals surface area (Å²) in [5, 5.41) is 0. The third kappa shape index (κ3) is 11.4. The zero-order valence-electron chi connectivity index (χ0n) is 27.3. The highest BCUT2D eigenvalue weighted by molar-refractivity contribution is 5.82. The first-order valence-electron chi connectivity index (χ1n) is 15.9. The summed E-state index contributed by atoms with van der Waals surface area (Å²) < 4.78 is 4.25. The lowest BCUT2D eigenvalue weighted by atomic mass is 9.71. The van der Waals surface area contributed by atoms with Gasteiger partial charge in [-0.05, 0) is 79.5 Å². The van der Waals surface area contributed by atoms with Crippen LogP contribution in [0, 0.1) is 24.7 Å². The molecule has 0 heterocycles. The van der Waals surface area contributed by atoms with E-state index in [9.17, 15) is 9.59 Å². The Morgan fingerprint density at radius 3 is 2.50 bits per heavy atom. The second-order valence-electron chi connectivity index (χ2n) is 11.9. The standard InChI is InChI=1S/C36H49NO2.C2H6O/c1-6-7-8-9-12-17-27(2)28(3)25-36(39)35-21-16-15-20-34(35)31-22-23-32(29(4)24-31)26-37(30(5)38)33-18-13-10-11-14-19-33;1-3-2/h7-8,10-13,17-19,22-24,27-28,34-35H,6,9,14-16,20-21,25-26H2,1-5H3;1-2H3/b8-7-,17-12-;/t27?,28-,34+,35?;/m1./s1. The Kier molecular flexibility index (Phi) is 16.1. The number of hydrogen-bond donors (Lipinski definition) is 0. The minimum absolute atomic E-state index is 0.0461. The highest BCUT2D eigenvalue weighted by atomic mass is 16.4. The summed E-state index contributed by atoms with van der Waals surface area (Å²) in [6.45, 7) is 10.9. The minimum atomic E-state index is 0.0461. The van der Waals surface area contributed by atoms with E-state index in [1.165, 1.54) is 17.5 Å². The molecule has 1 aromatic rings. The minimum Gasteiger partial charge on any atom is -0.388 e. The number of carbonyl (C=O) groups is 2. The van der Waals surface area contributed by atoms with Crippen LogP contribution in [0.4, 0.5) is 0 Å². The molecular weight excluding hydrogens is 518 g/mol. The number of methoxy groups -OCH3 is 1. The predicted octanol–water partition coefficient (Wildman–Crippen LogP) is 9.42. The maximum atomic E-state index is 13.6. The number of nitrogens with zero attached hydrogens (tertiary/aromatic N) is 1. The second kappa shape index (κ2) is 19.3. The maximum absolute atomic E-state index is 13.6. The Morgan fingerprint density at radius 2 is 1.81 bits per heavy atom. The van der Waals surface area contributed by atoms with Gasteiger partial charge in [0.1, 0.15) is 5.78 Å². The highest BCUT2D eigenvalue weighted by Crippen LogP contribution is 2.40. The summed E-state index contributed by atoms with van der Waals surface area (Å²) in [6.07, 6.45) is 27.0. The van der Waals surface area contributed by atoms with Gasteiger partial charge in [0.2, 0.25) is 5.91 Å². The molecule has 2 aliphatic carbocycles. The zero-order chi connectivity index (χ0) is 30.9. The van der Waals surface area contributed by atoms with Crippen molar-refractivity contribution in [3.8, 4) is 0 Å². The number of allylic oxidation sites excluding steroid dienone is 9. The van der Waals surface area contributed by atoms with E-state index < -0.39 is 0 Å². The number of ketones is 1. The van der Waals surface area contributed by atoms with Crippen molar-refractivity contribution in [1.29, 1.82) is 0 Å². The van der Waals surface area contributed by atoms with Gasteiger partial charge in [-0.3, -0.25) is 9.59 Å². The van der Waals surface area contributed by atoms with E-state index in [4.69, 9.17) is 0 Å².